The number of non-ortho nitro benzene ring substituents is 3. The highest BCUT2D eigenvalue weighted by Gasteiger charge is 2.31. The predicted molar refractivity (Wildman–Crippen MR) is 311 cm³/mol. The zero-order valence-corrected chi connectivity index (χ0v) is 49.1. The van der Waals surface area contributed by atoms with Crippen molar-refractivity contribution in [3.05, 3.63) is 187 Å². The second-order valence-electron chi connectivity index (χ2n) is 23.9. The minimum absolute atomic E-state index is 0.0719. The van der Waals surface area contributed by atoms with E-state index in [9.17, 15) is 60.0 Å². The van der Waals surface area contributed by atoms with Crippen LogP contribution in [-0.4, -0.2) is 89.1 Å². The number of carboxylic acid groups (broad SMARTS) is 3. The Morgan fingerprint density at radius 2 is 0.524 bits per heavy atom. The van der Waals surface area contributed by atoms with Gasteiger partial charge in [0.05, 0.1) is 36.1 Å². The SMILES string of the molecule is COc1c2cc([N+](=O)[O-])cc1Cc1cc(C(C)(C)C)cc(c1OCC(=O)O)Cc1cc([N+](=O)[O-])cc(c1OC)Cc1cc(C(C)(C)C)cc(c1OCC(=O)O)Cc1cc([N+](=O)[O-])cc(c1OC)Cc1cc(C(C)(C)C)cc(c1OCC(=O)O)C2. The molecule has 0 saturated carbocycles. The average molecular weight is 1160 g/mol. The van der Waals surface area contributed by atoms with Crippen molar-refractivity contribution < 1.29 is 72.9 Å². The summed E-state index contributed by atoms with van der Waals surface area (Å²) in [6.45, 7) is 15.1. The monoisotopic (exact) mass is 1160 g/mol. The first-order valence-corrected chi connectivity index (χ1v) is 26.8. The van der Waals surface area contributed by atoms with Crippen LogP contribution in [-0.2, 0) is 69.2 Å². The molecule has 1 aliphatic rings. The first-order valence-electron chi connectivity index (χ1n) is 26.8. The van der Waals surface area contributed by atoms with E-state index in [4.69, 9.17) is 28.4 Å². The predicted octanol–water partition coefficient (Wildman–Crippen LogP) is 11.6. The molecule has 21 nitrogen and oxygen atoms in total. The van der Waals surface area contributed by atoms with E-state index in [0.29, 0.717) is 33.4 Å². The fourth-order valence-corrected chi connectivity index (χ4v) is 10.6. The minimum Gasteiger partial charge on any atom is -0.496 e. The first kappa shape index (κ1) is 62.3. The molecular weight excluding hydrogens is 1090 g/mol. The molecule has 6 aromatic carbocycles. The van der Waals surface area contributed by atoms with E-state index in [1.54, 1.807) is 0 Å². The van der Waals surface area contributed by atoms with Crippen molar-refractivity contribution >= 4 is 35.0 Å². The molecule has 0 fully saturated rings. The summed E-state index contributed by atoms with van der Waals surface area (Å²) in [6, 6.07) is 18.9. The molecule has 84 heavy (non-hydrogen) atoms. The van der Waals surface area contributed by atoms with E-state index in [2.05, 4.69) is 0 Å². The highest BCUT2D eigenvalue weighted by Crippen LogP contribution is 2.45. The average Bonchev–Trinajstić information content (AvgIpc) is 1.25. The number of methoxy groups -OCH3 is 3. The number of ether oxygens (including phenoxy) is 6. The normalized spacial score (nSPS) is 12.7. The van der Waals surface area contributed by atoms with Gasteiger partial charge in [0.2, 0.25) is 0 Å². The number of nitro benzene ring substituents is 3. The number of fused-ring (bicyclic) bond motifs is 12. The second kappa shape index (κ2) is 24.7. The summed E-state index contributed by atoms with van der Waals surface area (Å²) in [5.41, 5.74) is 3.21. The molecule has 0 heterocycles. The van der Waals surface area contributed by atoms with Crippen LogP contribution >= 0.6 is 0 Å². The van der Waals surface area contributed by atoms with E-state index in [-0.39, 0.29) is 123 Å². The van der Waals surface area contributed by atoms with Crippen LogP contribution in [0.5, 0.6) is 34.5 Å². The summed E-state index contributed by atoms with van der Waals surface area (Å²) in [7, 11) is 4.17. The topological polar surface area (TPSA) is 297 Å². The summed E-state index contributed by atoms with van der Waals surface area (Å²) in [4.78, 5) is 74.6. The molecule has 21 heteroatoms. The third-order valence-electron chi connectivity index (χ3n) is 14.6. The number of carboxylic acids is 3. The molecule has 1 aliphatic carbocycles. The third-order valence-corrected chi connectivity index (χ3v) is 14.6. The van der Waals surface area contributed by atoms with E-state index in [1.165, 1.54) is 57.7 Å². The van der Waals surface area contributed by atoms with Crippen molar-refractivity contribution in [1.29, 1.82) is 0 Å². The van der Waals surface area contributed by atoms with Gasteiger partial charge in [0.15, 0.2) is 19.8 Å². The van der Waals surface area contributed by atoms with Crippen molar-refractivity contribution in [2.75, 3.05) is 41.2 Å². The lowest BCUT2D eigenvalue weighted by Crippen LogP contribution is -2.17. The van der Waals surface area contributed by atoms with Crippen LogP contribution in [0.15, 0.2) is 72.8 Å². The molecule has 7 rings (SSSR count). The Morgan fingerprint density at radius 3 is 0.655 bits per heavy atom. The Labute approximate surface area is 485 Å². The molecule has 3 N–H and O–H groups in total. The van der Waals surface area contributed by atoms with Crippen LogP contribution in [0, 0.1) is 30.3 Å². The summed E-state index contributed by atoms with van der Waals surface area (Å²) in [5.74, 6) is -3.19. The van der Waals surface area contributed by atoms with Crippen LogP contribution in [0.2, 0.25) is 0 Å². The van der Waals surface area contributed by atoms with Gasteiger partial charge in [0.25, 0.3) is 17.1 Å². The maximum atomic E-state index is 13.0. The van der Waals surface area contributed by atoms with Gasteiger partial charge >= 0.3 is 17.9 Å². The van der Waals surface area contributed by atoms with Gasteiger partial charge in [-0.15, -0.1) is 0 Å². The van der Waals surface area contributed by atoms with Crippen LogP contribution in [0.1, 0.15) is 146 Å². The van der Waals surface area contributed by atoms with Gasteiger partial charge in [-0.2, -0.15) is 0 Å². The zero-order chi connectivity index (χ0) is 61.9. The minimum atomic E-state index is -1.32. The van der Waals surface area contributed by atoms with E-state index < -0.39 is 68.7 Å². The Hall–Kier alpha value is -9.27. The summed E-state index contributed by atoms with van der Waals surface area (Å²) in [6.07, 6.45) is -0.933. The van der Waals surface area contributed by atoms with Gasteiger partial charge < -0.3 is 43.7 Å². The zero-order valence-electron chi connectivity index (χ0n) is 49.1. The molecular formula is C63H69N3O18. The molecule has 0 aliphatic heterocycles. The van der Waals surface area contributed by atoms with E-state index >= 15 is 0 Å². The Bertz CT molecular complexity index is 3100. The number of hydrogen-bond donors (Lipinski definition) is 3. The molecule has 444 valence electrons. The summed E-state index contributed by atoms with van der Waals surface area (Å²) >= 11 is 0. The van der Waals surface area contributed by atoms with E-state index in [1.807, 2.05) is 98.7 Å². The first-order chi connectivity index (χ1) is 39.3. The van der Waals surface area contributed by atoms with Gasteiger partial charge in [-0.25, -0.2) is 14.4 Å². The number of hydrogen-bond acceptors (Lipinski definition) is 15. The smallest absolute Gasteiger partial charge is 0.341 e. The summed E-state index contributed by atoms with van der Waals surface area (Å²) < 4.78 is 37.1. The van der Waals surface area contributed by atoms with Crippen LogP contribution in [0.25, 0.3) is 0 Å². The number of benzene rings is 6. The molecule has 0 aromatic heterocycles. The number of rotatable bonds is 15. The number of nitrogens with zero attached hydrogens (tertiary/aromatic N) is 3. The van der Waals surface area contributed by atoms with Gasteiger partial charge in [-0.05, 0) is 66.3 Å². The Morgan fingerprint density at radius 1 is 0.357 bits per heavy atom. The fraction of sp³-hybridized carbons (Fsp3) is 0.381. The second-order valence-corrected chi connectivity index (χ2v) is 23.9. The quantitative estimate of drug-likeness (QED) is 0.0635. The van der Waals surface area contributed by atoms with E-state index in [0.717, 1.165) is 16.7 Å². The fourth-order valence-electron chi connectivity index (χ4n) is 10.6. The molecule has 12 bridgehead atoms. The molecule has 0 saturated heterocycles. The molecule has 0 atom stereocenters. The van der Waals surface area contributed by atoms with Gasteiger partial charge in [-0.1, -0.05) is 98.7 Å². The Balaban J connectivity index is 1.69. The highest BCUT2D eigenvalue weighted by atomic mass is 16.6. The van der Waals surface area contributed by atoms with Crippen molar-refractivity contribution in [2.24, 2.45) is 0 Å². The lowest BCUT2D eigenvalue weighted by molar-refractivity contribution is -0.385. The van der Waals surface area contributed by atoms with Gasteiger partial charge in [-0.3, -0.25) is 30.3 Å². The van der Waals surface area contributed by atoms with Crippen molar-refractivity contribution in [3.63, 3.8) is 0 Å². The number of carbonyl (C=O) groups is 3. The third kappa shape index (κ3) is 14.3. The molecule has 6 aromatic rings. The van der Waals surface area contributed by atoms with Crippen molar-refractivity contribution in [1.82, 2.24) is 0 Å². The highest BCUT2D eigenvalue weighted by molar-refractivity contribution is 5.71. The van der Waals surface area contributed by atoms with Crippen LogP contribution in [0.4, 0.5) is 17.1 Å². The maximum absolute atomic E-state index is 13.0. The molecule has 0 amide bonds. The standard InChI is InChI=1S/C63H69N3O18/c1-61(2,3)46-19-34-13-40-25-49(64(73)74)27-42(55(40)79-10)15-36-21-47(62(4,5)6)23-38(59(36)83-32-53(69)70)17-44-29-51(66(77)78)30-45(57(44)81-12)18-39-24-48(63(7,8)9)22-37(60(39)84-33-54(71)72)16-43-28-50(65(75)76)26-41(56(43)80-11)14-35(20-46)58(34)82-31-52(67)68/h19-30H,13-18,31-33H2,1-12H3,(H,67,68)(H,69,70)(H,71,72). The lowest BCUT2D eigenvalue weighted by Gasteiger charge is -2.26. The molecule has 0 spiro atoms. The lowest BCUT2D eigenvalue weighted by atomic mass is 9.81. The van der Waals surface area contributed by atoms with Crippen LogP contribution in [0.3, 0.4) is 0 Å². The van der Waals surface area contributed by atoms with Crippen LogP contribution < -0.4 is 28.4 Å². The molecule has 0 unspecified atom stereocenters. The number of aliphatic carboxylic acids is 3. The molecule has 0 radical (unpaired) electrons. The largest absolute Gasteiger partial charge is 0.496 e. The Kier molecular flexibility index (Phi) is 18.3. The van der Waals surface area contributed by atoms with Gasteiger partial charge in [0, 0.05) is 108 Å². The van der Waals surface area contributed by atoms with Crippen molar-refractivity contribution in [3.8, 4) is 34.5 Å². The van der Waals surface area contributed by atoms with Gasteiger partial charge in [0.1, 0.15) is 34.5 Å². The maximum Gasteiger partial charge on any atom is 0.341 e. The number of nitro groups is 3. The van der Waals surface area contributed by atoms with Crippen molar-refractivity contribution in [2.45, 2.75) is 117 Å². The summed E-state index contributed by atoms with van der Waals surface area (Å²) in [5, 5.41) is 69.4.